The summed E-state index contributed by atoms with van der Waals surface area (Å²) in [6.07, 6.45) is 1.51. The third-order valence-corrected chi connectivity index (χ3v) is 5.70. The van der Waals surface area contributed by atoms with Crippen LogP contribution in [0.4, 0.5) is 5.69 Å². The highest BCUT2D eigenvalue weighted by Crippen LogP contribution is 2.31. The van der Waals surface area contributed by atoms with Crippen molar-refractivity contribution in [1.29, 1.82) is 0 Å². The van der Waals surface area contributed by atoms with Crippen molar-refractivity contribution in [3.63, 3.8) is 0 Å². The van der Waals surface area contributed by atoms with Crippen LogP contribution in [0.1, 0.15) is 19.8 Å². The molecule has 1 aliphatic heterocycles. The van der Waals surface area contributed by atoms with E-state index >= 15 is 0 Å². The van der Waals surface area contributed by atoms with Crippen LogP contribution < -0.4 is 10.5 Å². The van der Waals surface area contributed by atoms with Crippen molar-refractivity contribution in [1.82, 2.24) is 4.31 Å². The smallest absolute Gasteiger partial charge is 0.427 e. The average molecular weight is 341 g/mol. The molecule has 0 unspecified atom stereocenters. The molecule has 2 atom stereocenters. The SMILES string of the molecule is C[C@]1(N)CN(S(=O)(=O)Nc2ccccc2)C[C@@H]1CCCB(O)O. The van der Waals surface area contributed by atoms with Crippen LogP contribution in [0.15, 0.2) is 30.3 Å². The molecular formula is C14H24BN3O4S. The standard InChI is InChI=1S/C14H24BN3O4S/c1-14(16)11-18(10-12(14)6-5-9-15(19)20)23(21,22)17-13-7-3-2-4-8-13/h2-4,7-8,12,17,19-20H,5-6,9-11,16H2,1H3/t12-,14-/m0/s1. The van der Waals surface area contributed by atoms with E-state index in [1.165, 1.54) is 4.31 Å². The van der Waals surface area contributed by atoms with Crippen molar-refractivity contribution in [3.8, 4) is 0 Å². The van der Waals surface area contributed by atoms with Crippen LogP contribution in [-0.4, -0.2) is 48.5 Å². The molecule has 0 bridgehead atoms. The van der Waals surface area contributed by atoms with Gasteiger partial charge in [0.15, 0.2) is 0 Å². The lowest BCUT2D eigenvalue weighted by atomic mass is 9.79. The highest BCUT2D eigenvalue weighted by atomic mass is 32.2. The summed E-state index contributed by atoms with van der Waals surface area (Å²) < 4.78 is 28.9. The number of nitrogens with zero attached hydrogens (tertiary/aromatic N) is 1. The van der Waals surface area contributed by atoms with E-state index in [0.717, 1.165) is 0 Å². The summed E-state index contributed by atoms with van der Waals surface area (Å²) in [5, 5.41) is 17.8. The van der Waals surface area contributed by atoms with Gasteiger partial charge >= 0.3 is 17.3 Å². The monoisotopic (exact) mass is 341 g/mol. The lowest BCUT2D eigenvalue weighted by molar-refractivity contribution is 0.343. The summed E-state index contributed by atoms with van der Waals surface area (Å²) in [5.41, 5.74) is 6.14. The van der Waals surface area contributed by atoms with E-state index in [1.54, 1.807) is 24.3 Å². The van der Waals surface area contributed by atoms with E-state index in [-0.39, 0.29) is 18.8 Å². The summed E-state index contributed by atoms with van der Waals surface area (Å²) in [4.78, 5) is 0. The first kappa shape index (κ1) is 18.2. The predicted molar refractivity (Wildman–Crippen MR) is 90.9 cm³/mol. The summed E-state index contributed by atoms with van der Waals surface area (Å²) in [5.74, 6) is -0.0198. The van der Waals surface area contributed by atoms with E-state index in [2.05, 4.69) is 4.72 Å². The Kier molecular flexibility index (Phi) is 5.69. The number of nitrogens with two attached hydrogens (primary N) is 1. The Morgan fingerprint density at radius 3 is 2.65 bits per heavy atom. The molecule has 0 aliphatic carbocycles. The molecule has 0 aromatic heterocycles. The zero-order valence-electron chi connectivity index (χ0n) is 13.2. The lowest BCUT2D eigenvalue weighted by Gasteiger charge is -2.25. The van der Waals surface area contributed by atoms with Crippen LogP contribution in [0.5, 0.6) is 0 Å². The van der Waals surface area contributed by atoms with Crippen molar-refractivity contribution in [2.24, 2.45) is 11.7 Å². The number of nitrogens with one attached hydrogen (secondary N) is 1. The molecule has 0 amide bonds. The van der Waals surface area contributed by atoms with Crippen molar-refractivity contribution in [3.05, 3.63) is 30.3 Å². The fraction of sp³-hybridized carbons (Fsp3) is 0.571. The summed E-state index contributed by atoms with van der Waals surface area (Å²) in [6.45, 7) is 2.41. The first-order valence-electron chi connectivity index (χ1n) is 7.69. The number of para-hydroxylation sites is 1. The first-order chi connectivity index (χ1) is 10.7. The molecule has 5 N–H and O–H groups in total. The summed E-state index contributed by atoms with van der Waals surface area (Å²) in [7, 11) is -4.99. The molecule has 1 aromatic carbocycles. The molecule has 0 spiro atoms. The molecule has 0 radical (unpaired) electrons. The Hall–Kier alpha value is -1.13. The second-order valence-electron chi connectivity index (χ2n) is 6.38. The van der Waals surface area contributed by atoms with Gasteiger partial charge in [-0.3, -0.25) is 4.72 Å². The second-order valence-corrected chi connectivity index (χ2v) is 8.05. The minimum absolute atomic E-state index is 0.0198. The van der Waals surface area contributed by atoms with Crippen molar-refractivity contribution in [2.75, 3.05) is 17.8 Å². The number of hydrogen-bond donors (Lipinski definition) is 4. The van der Waals surface area contributed by atoms with Gasteiger partial charge in [-0.15, -0.1) is 0 Å². The molecular weight excluding hydrogens is 317 g/mol. The van der Waals surface area contributed by atoms with Crippen LogP contribution in [0.3, 0.4) is 0 Å². The van der Waals surface area contributed by atoms with Gasteiger partial charge in [0.05, 0.1) is 0 Å². The van der Waals surface area contributed by atoms with Crippen LogP contribution in [0.2, 0.25) is 6.32 Å². The molecule has 7 nitrogen and oxygen atoms in total. The molecule has 2 rings (SSSR count). The van der Waals surface area contributed by atoms with Gasteiger partial charge in [0.25, 0.3) is 0 Å². The maximum absolute atomic E-state index is 12.5. The van der Waals surface area contributed by atoms with Crippen LogP contribution in [0, 0.1) is 5.92 Å². The van der Waals surface area contributed by atoms with Crippen LogP contribution in [0.25, 0.3) is 0 Å². The normalized spacial score (nSPS) is 25.5. The van der Waals surface area contributed by atoms with Crippen molar-refractivity contribution >= 4 is 23.0 Å². The van der Waals surface area contributed by atoms with Crippen LogP contribution >= 0.6 is 0 Å². The fourth-order valence-corrected chi connectivity index (χ4v) is 4.29. The topological polar surface area (TPSA) is 116 Å². The molecule has 1 saturated heterocycles. The first-order valence-corrected chi connectivity index (χ1v) is 9.13. The molecule has 9 heteroatoms. The van der Waals surface area contributed by atoms with Gasteiger partial charge in [-0.2, -0.15) is 12.7 Å². The average Bonchev–Trinajstić information content (AvgIpc) is 2.75. The van der Waals surface area contributed by atoms with Crippen molar-refractivity contribution in [2.45, 2.75) is 31.6 Å². The minimum atomic E-state index is -3.65. The third-order valence-electron chi connectivity index (χ3n) is 4.25. The van der Waals surface area contributed by atoms with E-state index < -0.39 is 22.9 Å². The highest BCUT2D eigenvalue weighted by Gasteiger charge is 2.44. The molecule has 128 valence electrons. The Morgan fingerprint density at radius 1 is 1.39 bits per heavy atom. The van der Waals surface area contributed by atoms with E-state index in [0.29, 0.717) is 25.1 Å². The van der Waals surface area contributed by atoms with E-state index in [1.807, 2.05) is 13.0 Å². The van der Waals surface area contributed by atoms with E-state index in [4.69, 9.17) is 15.8 Å². The van der Waals surface area contributed by atoms with Gasteiger partial charge in [-0.1, -0.05) is 24.6 Å². The van der Waals surface area contributed by atoms with Gasteiger partial charge in [0, 0.05) is 24.3 Å². The van der Waals surface area contributed by atoms with Crippen molar-refractivity contribution < 1.29 is 18.5 Å². The molecule has 0 saturated carbocycles. The van der Waals surface area contributed by atoms with Gasteiger partial charge in [-0.05, 0) is 37.7 Å². The number of anilines is 1. The quantitative estimate of drug-likeness (QED) is 0.531. The van der Waals surface area contributed by atoms with Gasteiger partial charge < -0.3 is 15.8 Å². The van der Waals surface area contributed by atoms with E-state index in [9.17, 15) is 8.42 Å². The molecule has 1 aliphatic rings. The second kappa shape index (κ2) is 7.19. The summed E-state index contributed by atoms with van der Waals surface area (Å²) >= 11 is 0. The Morgan fingerprint density at radius 2 is 2.04 bits per heavy atom. The maximum atomic E-state index is 12.5. The predicted octanol–water partition coefficient (Wildman–Crippen LogP) is 0.245. The fourth-order valence-electron chi connectivity index (χ4n) is 2.90. The third kappa shape index (κ3) is 4.92. The molecule has 1 heterocycles. The molecule has 23 heavy (non-hydrogen) atoms. The summed E-state index contributed by atoms with van der Waals surface area (Å²) in [6, 6.07) is 8.72. The molecule has 1 fully saturated rings. The Bertz CT molecular complexity index is 610. The van der Waals surface area contributed by atoms with Gasteiger partial charge in [0.2, 0.25) is 0 Å². The highest BCUT2D eigenvalue weighted by molar-refractivity contribution is 7.90. The van der Waals surface area contributed by atoms with Gasteiger partial charge in [0.1, 0.15) is 0 Å². The Balaban J connectivity index is 2.01. The number of hydrogen-bond acceptors (Lipinski definition) is 5. The van der Waals surface area contributed by atoms with Crippen LogP contribution in [-0.2, 0) is 10.2 Å². The maximum Gasteiger partial charge on any atom is 0.451 e. The zero-order valence-corrected chi connectivity index (χ0v) is 14.0. The number of benzene rings is 1. The largest absolute Gasteiger partial charge is 0.451 e. The molecule has 1 aromatic rings. The zero-order chi connectivity index (χ0) is 17.1. The minimum Gasteiger partial charge on any atom is -0.427 e. The number of rotatable bonds is 7. The lowest BCUT2D eigenvalue weighted by Crippen LogP contribution is -2.45. The Labute approximate surface area is 137 Å². The van der Waals surface area contributed by atoms with Gasteiger partial charge in [-0.25, -0.2) is 0 Å².